The maximum atomic E-state index is 12.4. The van der Waals surface area contributed by atoms with Gasteiger partial charge in [-0.05, 0) is 30.4 Å². The Balaban J connectivity index is 1.57. The molecule has 1 atom stereocenters. The van der Waals surface area contributed by atoms with Gasteiger partial charge < -0.3 is 9.47 Å². The van der Waals surface area contributed by atoms with Gasteiger partial charge >= 0.3 is 0 Å². The molecule has 22 heavy (non-hydrogen) atoms. The highest BCUT2D eigenvalue weighted by Gasteiger charge is 2.22. The predicted molar refractivity (Wildman–Crippen MR) is 86.6 cm³/mol. The van der Waals surface area contributed by atoms with Gasteiger partial charge in [-0.3, -0.25) is 4.79 Å². The van der Waals surface area contributed by atoms with Gasteiger partial charge in [-0.25, -0.2) is 4.98 Å². The first-order chi connectivity index (χ1) is 10.6. The molecule has 0 spiro atoms. The van der Waals surface area contributed by atoms with Gasteiger partial charge in [0.1, 0.15) is 5.82 Å². The second kappa shape index (κ2) is 6.34. The molecule has 0 saturated heterocycles. The van der Waals surface area contributed by atoms with E-state index in [1.54, 1.807) is 0 Å². The number of fused-ring (bicyclic) bond motifs is 1. The zero-order valence-electron chi connectivity index (χ0n) is 13.3. The molecule has 1 aromatic carbocycles. The number of aryl methyl sites for hydroxylation is 2. The molecule has 0 N–H and O–H groups in total. The van der Waals surface area contributed by atoms with E-state index in [4.69, 9.17) is 0 Å². The van der Waals surface area contributed by atoms with E-state index < -0.39 is 0 Å². The number of likely N-dealkylation sites (N-methyl/N-ethyl adjacent to an activating group) is 1. The minimum Gasteiger partial charge on any atom is -0.345 e. The Kier molecular flexibility index (Phi) is 4.27. The third-order valence-electron chi connectivity index (χ3n) is 4.59. The molecule has 1 amide bonds. The molecule has 0 unspecified atom stereocenters. The van der Waals surface area contributed by atoms with E-state index in [2.05, 4.69) is 22.5 Å². The molecular weight excluding hydrogens is 274 g/mol. The monoisotopic (exact) mass is 297 g/mol. The van der Waals surface area contributed by atoms with Crippen LogP contribution >= 0.6 is 0 Å². The quantitative estimate of drug-likeness (QED) is 0.869. The highest BCUT2D eigenvalue weighted by Crippen LogP contribution is 2.20. The number of aromatic nitrogens is 2. The second-order valence-electron chi connectivity index (χ2n) is 6.28. The normalized spacial score (nSPS) is 17.1. The second-order valence-corrected chi connectivity index (χ2v) is 6.28. The van der Waals surface area contributed by atoms with Crippen molar-refractivity contribution in [3.8, 4) is 0 Å². The standard InChI is InChI=1S/C18H23N3O/c1-14-5-3-4-6-16(14)11-18(22)20(2)12-15-7-8-17-19-9-10-21(17)13-15/h3-6,9-10,15H,7-8,11-13H2,1-2H3/t15-/m0/s1. The molecule has 116 valence electrons. The molecule has 2 aromatic rings. The van der Waals surface area contributed by atoms with Crippen molar-refractivity contribution in [3.05, 3.63) is 53.6 Å². The fourth-order valence-corrected chi connectivity index (χ4v) is 3.18. The molecule has 1 aromatic heterocycles. The van der Waals surface area contributed by atoms with Gasteiger partial charge in [0.15, 0.2) is 0 Å². The van der Waals surface area contributed by atoms with Crippen LogP contribution in [-0.4, -0.2) is 34.0 Å². The first-order valence-corrected chi connectivity index (χ1v) is 7.92. The number of rotatable bonds is 4. The zero-order valence-corrected chi connectivity index (χ0v) is 13.3. The van der Waals surface area contributed by atoms with Gasteiger partial charge in [-0.2, -0.15) is 0 Å². The Morgan fingerprint density at radius 3 is 3.05 bits per heavy atom. The van der Waals surface area contributed by atoms with Crippen molar-refractivity contribution in [1.29, 1.82) is 0 Å². The first-order valence-electron chi connectivity index (χ1n) is 7.92. The highest BCUT2D eigenvalue weighted by atomic mass is 16.2. The van der Waals surface area contributed by atoms with Crippen LogP contribution in [0, 0.1) is 12.8 Å². The Labute approximate surface area is 131 Å². The van der Waals surface area contributed by atoms with E-state index in [1.165, 1.54) is 11.4 Å². The van der Waals surface area contributed by atoms with Gasteiger partial charge in [0, 0.05) is 39.0 Å². The molecule has 0 saturated carbocycles. The van der Waals surface area contributed by atoms with Crippen LogP contribution in [0.15, 0.2) is 36.7 Å². The number of hydrogen-bond acceptors (Lipinski definition) is 2. The van der Waals surface area contributed by atoms with Crippen LogP contribution in [0.1, 0.15) is 23.4 Å². The lowest BCUT2D eigenvalue weighted by molar-refractivity contribution is -0.129. The van der Waals surface area contributed by atoms with Crippen molar-refractivity contribution in [3.63, 3.8) is 0 Å². The van der Waals surface area contributed by atoms with E-state index in [0.717, 1.165) is 31.5 Å². The molecule has 0 bridgehead atoms. The van der Waals surface area contributed by atoms with E-state index in [-0.39, 0.29) is 5.91 Å². The van der Waals surface area contributed by atoms with Gasteiger partial charge in [0.25, 0.3) is 0 Å². The topological polar surface area (TPSA) is 38.1 Å². The molecular formula is C18H23N3O. The zero-order chi connectivity index (χ0) is 15.5. The molecule has 0 fully saturated rings. The van der Waals surface area contributed by atoms with Crippen molar-refractivity contribution in [1.82, 2.24) is 14.5 Å². The number of carbonyl (C=O) groups excluding carboxylic acids is 1. The Hall–Kier alpha value is -2.10. The largest absolute Gasteiger partial charge is 0.345 e. The van der Waals surface area contributed by atoms with Crippen LogP contribution in [0.25, 0.3) is 0 Å². The van der Waals surface area contributed by atoms with E-state index in [9.17, 15) is 4.79 Å². The van der Waals surface area contributed by atoms with Crippen molar-refractivity contribution >= 4 is 5.91 Å². The van der Waals surface area contributed by atoms with Gasteiger partial charge in [-0.15, -0.1) is 0 Å². The molecule has 0 radical (unpaired) electrons. The molecule has 1 aliphatic heterocycles. The average Bonchev–Trinajstić information content (AvgIpc) is 2.97. The van der Waals surface area contributed by atoms with Crippen molar-refractivity contribution < 1.29 is 4.79 Å². The minimum absolute atomic E-state index is 0.200. The number of benzene rings is 1. The van der Waals surface area contributed by atoms with Crippen LogP contribution in [0.2, 0.25) is 0 Å². The SMILES string of the molecule is Cc1ccccc1CC(=O)N(C)C[C@@H]1CCc2nccn2C1. The lowest BCUT2D eigenvalue weighted by Crippen LogP contribution is -2.36. The summed E-state index contributed by atoms with van der Waals surface area (Å²) in [6.45, 7) is 3.85. The van der Waals surface area contributed by atoms with Gasteiger partial charge in [0.05, 0.1) is 6.42 Å². The molecule has 1 aliphatic rings. The summed E-state index contributed by atoms with van der Waals surface area (Å²) >= 11 is 0. The van der Waals surface area contributed by atoms with Gasteiger partial charge in [-0.1, -0.05) is 24.3 Å². The average molecular weight is 297 g/mol. The molecule has 2 heterocycles. The summed E-state index contributed by atoms with van der Waals surface area (Å²) < 4.78 is 2.22. The Morgan fingerprint density at radius 1 is 1.41 bits per heavy atom. The highest BCUT2D eigenvalue weighted by molar-refractivity contribution is 5.78. The smallest absolute Gasteiger partial charge is 0.226 e. The summed E-state index contributed by atoms with van der Waals surface area (Å²) in [4.78, 5) is 18.7. The van der Waals surface area contributed by atoms with E-state index in [0.29, 0.717) is 12.3 Å². The minimum atomic E-state index is 0.200. The lowest BCUT2D eigenvalue weighted by Gasteiger charge is -2.28. The van der Waals surface area contributed by atoms with Crippen molar-refractivity contribution in [2.45, 2.75) is 32.7 Å². The molecule has 4 heteroatoms. The first kappa shape index (κ1) is 14.8. The third-order valence-corrected chi connectivity index (χ3v) is 4.59. The number of imidazole rings is 1. The summed E-state index contributed by atoms with van der Waals surface area (Å²) in [5.41, 5.74) is 2.31. The summed E-state index contributed by atoms with van der Waals surface area (Å²) in [7, 11) is 1.92. The molecule has 3 rings (SSSR count). The predicted octanol–water partition coefficient (Wildman–Crippen LogP) is 2.46. The number of hydrogen-bond donors (Lipinski definition) is 0. The lowest BCUT2D eigenvalue weighted by atomic mass is 9.98. The summed E-state index contributed by atoms with van der Waals surface area (Å²) in [6.07, 6.45) is 6.52. The summed E-state index contributed by atoms with van der Waals surface area (Å²) in [5.74, 6) is 1.89. The van der Waals surface area contributed by atoms with Crippen LogP contribution in [0.5, 0.6) is 0 Å². The Bertz CT molecular complexity index is 662. The van der Waals surface area contributed by atoms with Crippen LogP contribution in [0.4, 0.5) is 0 Å². The maximum Gasteiger partial charge on any atom is 0.226 e. The van der Waals surface area contributed by atoms with Gasteiger partial charge in [0.2, 0.25) is 5.91 Å². The van der Waals surface area contributed by atoms with Crippen molar-refractivity contribution in [2.75, 3.05) is 13.6 Å². The van der Waals surface area contributed by atoms with E-state index in [1.807, 2.05) is 42.5 Å². The fraction of sp³-hybridized carbons (Fsp3) is 0.444. The summed E-state index contributed by atoms with van der Waals surface area (Å²) in [6, 6.07) is 8.11. The third kappa shape index (κ3) is 3.21. The molecule has 4 nitrogen and oxygen atoms in total. The summed E-state index contributed by atoms with van der Waals surface area (Å²) in [5, 5.41) is 0. The van der Waals surface area contributed by atoms with Crippen LogP contribution < -0.4 is 0 Å². The van der Waals surface area contributed by atoms with E-state index >= 15 is 0 Å². The number of amides is 1. The molecule has 0 aliphatic carbocycles. The number of nitrogens with zero attached hydrogens (tertiary/aromatic N) is 3. The maximum absolute atomic E-state index is 12.4. The fourth-order valence-electron chi connectivity index (χ4n) is 3.18. The van der Waals surface area contributed by atoms with Crippen molar-refractivity contribution in [2.24, 2.45) is 5.92 Å². The van der Waals surface area contributed by atoms with Crippen LogP contribution in [-0.2, 0) is 24.2 Å². The Morgan fingerprint density at radius 2 is 2.23 bits per heavy atom. The number of carbonyl (C=O) groups is 1. The van der Waals surface area contributed by atoms with Crippen LogP contribution in [0.3, 0.4) is 0 Å².